The zero-order chi connectivity index (χ0) is 26.6. The molecule has 3 rings (SSSR count). The summed E-state index contributed by atoms with van der Waals surface area (Å²) in [4.78, 5) is 26.9. The molecule has 0 spiro atoms. The number of halogens is 1. The molecule has 1 fully saturated rings. The van der Waals surface area contributed by atoms with Crippen molar-refractivity contribution in [1.29, 1.82) is 0 Å². The van der Waals surface area contributed by atoms with Crippen LogP contribution in [-0.4, -0.2) is 68.3 Å². The van der Waals surface area contributed by atoms with E-state index >= 15 is 0 Å². The van der Waals surface area contributed by atoms with Crippen molar-refractivity contribution in [3.05, 3.63) is 65.0 Å². The van der Waals surface area contributed by atoms with Gasteiger partial charge in [0.2, 0.25) is 0 Å². The molecule has 2 aromatic rings. The number of nitrogens with one attached hydrogen (secondary N) is 3. The highest BCUT2D eigenvalue weighted by molar-refractivity contribution is 7.97. The van der Waals surface area contributed by atoms with Crippen molar-refractivity contribution in [3.8, 4) is 0 Å². The predicted octanol–water partition coefficient (Wildman–Crippen LogP) is 3.64. The normalized spacial score (nSPS) is 14.8. The van der Waals surface area contributed by atoms with Gasteiger partial charge in [-0.3, -0.25) is 9.69 Å². The summed E-state index contributed by atoms with van der Waals surface area (Å²) >= 11 is 1.23. The molecule has 1 aliphatic heterocycles. The number of aryl methyl sites for hydroxylation is 1. The van der Waals surface area contributed by atoms with Crippen molar-refractivity contribution in [2.75, 3.05) is 56.3 Å². The summed E-state index contributed by atoms with van der Waals surface area (Å²) in [5.41, 5.74) is 8.06. The summed E-state index contributed by atoms with van der Waals surface area (Å²) in [5.74, 6) is -0.698. The lowest BCUT2D eigenvalue weighted by atomic mass is 10.1. The van der Waals surface area contributed by atoms with Gasteiger partial charge in [-0.05, 0) is 73.3 Å². The van der Waals surface area contributed by atoms with Gasteiger partial charge in [-0.1, -0.05) is 18.2 Å². The summed E-state index contributed by atoms with van der Waals surface area (Å²) in [7, 11) is 0. The minimum atomic E-state index is -0.602. The second-order valence-corrected chi connectivity index (χ2v) is 9.01. The molecule has 37 heavy (non-hydrogen) atoms. The largest absolute Gasteiger partial charge is 0.379 e. The van der Waals surface area contributed by atoms with Crippen molar-refractivity contribution in [1.82, 2.24) is 10.2 Å². The van der Waals surface area contributed by atoms with E-state index in [1.54, 1.807) is 42.5 Å². The molecule has 11 heteroatoms. The maximum absolute atomic E-state index is 13.9. The summed E-state index contributed by atoms with van der Waals surface area (Å²) < 4.78 is 23.6. The van der Waals surface area contributed by atoms with Crippen molar-refractivity contribution in [3.63, 3.8) is 0 Å². The molecule has 9 nitrogen and oxygen atoms in total. The van der Waals surface area contributed by atoms with E-state index in [1.807, 2.05) is 13.2 Å². The van der Waals surface area contributed by atoms with Gasteiger partial charge in [0, 0.05) is 31.6 Å². The number of hydrogen-bond donors (Lipinski definition) is 4. The first-order valence-corrected chi connectivity index (χ1v) is 13.1. The molecule has 2 aromatic carbocycles. The van der Waals surface area contributed by atoms with Crippen LogP contribution in [0.4, 0.5) is 20.6 Å². The smallest absolute Gasteiger partial charge is 0.323 e. The van der Waals surface area contributed by atoms with Crippen LogP contribution in [0.1, 0.15) is 17.5 Å². The number of primary amides is 1. The van der Waals surface area contributed by atoms with E-state index < -0.39 is 17.8 Å². The van der Waals surface area contributed by atoms with E-state index in [0.29, 0.717) is 23.6 Å². The number of benzene rings is 2. The van der Waals surface area contributed by atoms with E-state index in [4.69, 9.17) is 10.5 Å². The third-order valence-corrected chi connectivity index (χ3v) is 5.97. The predicted molar refractivity (Wildman–Crippen MR) is 148 cm³/mol. The number of rotatable bonds is 10. The number of amides is 3. The Morgan fingerprint density at radius 3 is 2.57 bits per heavy atom. The SMILES string of the molecule is CS/N=C(NCCCN1CCOCC1)\C(=C\c1ccc(NC(=O)Nc2cc(C)ccc2F)cc1)C(N)=O. The zero-order valence-corrected chi connectivity index (χ0v) is 21.9. The Morgan fingerprint density at radius 2 is 1.89 bits per heavy atom. The molecule has 1 aliphatic rings. The maximum atomic E-state index is 13.9. The highest BCUT2D eigenvalue weighted by Gasteiger charge is 2.15. The van der Waals surface area contributed by atoms with Crippen LogP contribution in [0.5, 0.6) is 0 Å². The highest BCUT2D eigenvalue weighted by Crippen LogP contribution is 2.17. The Labute approximate surface area is 220 Å². The number of morpholine rings is 1. The number of anilines is 2. The number of carbonyl (C=O) groups is 2. The lowest BCUT2D eigenvalue weighted by Crippen LogP contribution is -2.38. The fourth-order valence-electron chi connectivity index (χ4n) is 3.71. The molecule has 0 radical (unpaired) electrons. The fraction of sp³-hybridized carbons (Fsp3) is 0.346. The van der Waals surface area contributed by atoms with Crippen LogP contribution in [0.2, 0.25) is 0 Å². The number of amidine groups is 1. The van der Waals surface area contributed by atoms with Gasteiger partial charge in [0.1, 0.15) is 11.7 Å². The van der Waals surface area contributed by atoms with E-state index in [0.717, 1.165) is 44.8 Å². The molecular weight excluding hydrogens is 495 g/mol. The van der Waals surface area contributed by atoms with E-state index in [2.05, 4.69) is 25.2 Å². The first-order chi connectivity index (χ1) is 17.9. The molecule has 5 N–H and O–H groups in total. The summed E-state index contributed by atoms with van der Waals surface area (Å²) in [6.07, 6.45) is 4.34. The van der Waals surface area contributed by atoms with Gasteiger partial charge in [-0.2, -0.15) is 4.40 Å². The molecule has 0 aliphatic carbocycles. The Bertz CT molecular complexity index is 1130. The number of hydrogen-bond acceptors (Lipinski definition) is 6. The van der Waals surface area contributed by atoms with Gasteiger partial charge in [0.15, 0.2) is 0 Å². The van der Waals surface area contributed by atoms with Gasteiger partial charge in [-0.25, -0.2) is 9.18 Å². The third kappa shape index (κ3) is 9.19. The molecule has 0 atom stereocenters. The van der Waals surface area contributed by atoms with E-state index in [1.165, 1.54) is 18.0 Å². The molecular formula is C26H33FN6O3S. The Balaban J connectivity index is 1.61. The van der Waals surface area contributed by atoms with Gasteiger partial charge in [0.05, 0.1) is 24.5 Å². The number of nitrogens with two attached hydrogens (primary N) is 1. The maximum Gasteiger partial charge on any atom is 0.323 e. The lowest BCUT2D eigenvalue weighted by Gasteiger charge is -2.26. The molecule has 3 amide bonds. The number of ether oxygens (including phenoxy) is 1. The monoisotopic (exact) mass is 528 g/mol. The van der Waals surface area contributed by atoms with Gasteiger partial charge in [0.25, 0.3) is 5.91 Å². The summed E-state index contributed by atoms with van der Waals surface area (Å²) in [6.45, 7) is 6.74. The second-order valence-electron chi connectivity index (χ2n) is 8.46. The molecule has 0 bridgehead atoms. The van der Waals surface area contributed by atoms with Gasteiger partial charge >= 0.3 is 6.03 Å². The molecule has 0 saturated carbocycles. The molecule has 0 aromatic heterocycles. The van der Waals surface area contributed by atoms with Crippen molar-refractivity contribution in [2.45, 2.75) is 13.3 Å². The van der Waals surface area contributed by atoms with Crippen molar-refractivity contribution < 1.29 is 18.7 Å². The molecule has 1 saturated heterocycles. The quantitative estimate of drug-likeness (QED) is 0.123. The average Bonchev–Trinajstić information content (AvgIpc) is 2.88. The van der Waals surface area contributed by atoms with Crippen molar-refractivity contribution in [2.24, 2.45) is 10.1 Å². The first kappa shape index (κ1) is 28.2. The molecule has 198 valence electrons. The number of nitrogens with zero attached hydrogens (tertiary/aromatic N) is 2. The van der Waals surface area contributed by atoms with Crippen LogP contribution in [-0.2, 0) is 9.53 Å². The minimum absolute atomic E-state index is 0.0983. The second kappa shape index (κ2) is 14.4. The van der Waals surface area contributed by atoms with Gasteiger partial charge < -0.3 is 26.4 Å². The van der Waals surface area contributed by atoms with Crippen LogP contribution in [0.15, 0.2) is 52.4 Å². The Hall–Kier alpha value is -3.41. The Morgan fingerprint density at radius 1 is 1.16 bits per heavy atom. The van der Waals surface area contributed by atoms with Crippen LogP contribution in [0.3, 0.4) is 0 Å². The topological polar surface area (TPSA) is 121 Å². The van der Waals surface area contributed by atoms with Crippen LogP contribution >= 0.6 is 11.9 Å². The van der Waals surface area contributed by atoms with E-state index in [-0.39, 0.29) is 11.3 Å². The third-order valence-electron chi connectivity index (χ3n) is 5.60. The molecule has 0 unspecified atom stereocenters. The average molecular weight is 529 g/mol. The number of urea groups is 1. The van der Waals surface area contributed by atoms with Crippen LogP contribution in [0.25, 0.3) is 6.08 Å². The Kier molecular flexibility index (Phi) is 10.9. The summed E-state index contributed by atoms with van der Waals surface area (Å²) in [5, 5.41) is 8.40. The minimum Gasteiger partial charge on any atom is -0.379 e. The first-order valence-electron chi connectivity index (χ1n) is 12.0. The van der Waals surface area contributed by atoms with Crippen LogP contribution < -0.4 is 21.7 Å². The fourth-order valence-corrected chi connectivity index (χ4v) is 4.05. The van der Waals surface area contributed by atoms with Gasteiger partial charge in [-0.15, -0.1) is 0 Å². The van der Waals surface area contributed by atoms with E-state index in [9.17, 15) is 14.0 Å². The molecule has 1 heterocycles. The van der Waals surface area contributed by atoms with Crippen molar-refractivity contribution >= 4 is 47.2 Å². The zero-order valence-electron chi connectivity index (χ0n) is 21.1. The summed E-state index contributed by atoms with van der Waals surface area (Å²) in [6, 6.07) is 10.7. The highest BCUT2D eigenvalue weighted by atomic mass is 32.2. The van der Waals surface area contributed by atoms with Crippen LogP contribution in [0, 0.1) is 12.7 Å². The number of carbonyl (C=O) groups excluding carboxylic acids is 2. The lowest BCUT2D eigenvalue weighted by molar-refractivity contribution is -0.114. The standard InChI is InChI=1S/C26H33FN6O3S/c1-18-4-9-22(27)23(16-18)31-26(35)30-20-7-5-19(6-8-20)17-21(24(28)34)25(32-37-2)29-10-3-11-33-12-14-36-15-13-33/h4-9,16-17H,3,10-15H2,1-2H3,(H2,28,34)(H,29,32)(H2,30,31,35)/b21-17+.